The highest BCUT2D eigenvalue weighted by atomic mass is 19.1. The molecule has 1 saturated carbocycles. The second-order valence-corrected chi connectivity index (χ2v) is 4.81. The topological polar surface area (TPSA) is 0 Å². The molecular weight excluding hydrogens is 194 g/mol. The van der Waals surface area contributed by atoms with E-state index in [4.69, 9.17) is 0 Å². The first-order valence-corrected chi connectivity index (χ1v) is 5.49. The van der Waals surface area contributed by atoms with Crippen LogP contribution in [0.1, 0.15) is 32.3 Å². The summed E-state index contributed by atoms with van der Waals surface area (Å²) >= 11 is 0. The molecule has 1 fully saturated rings. The second kappa shape index (κ2) is 3.58. The Kier molecular flexibility index (Phi) is 2.53. The molecule has 0 unspecified atom stereocenters. The van der Waals surface area contributed by atoms with Crippen molar-refractivity contribution in [3.63, 3.8) is 0 Å². The first-order valence-electron chi connectivity index (χ1n) is 5.49. The second-order valence-electron chi connectivity index (χ2n) is 4.81. The van der Waals surface area contributed by atoms with Crippen LogP contribution >= 0.6 is 0 Å². The third kappa shape index (κ3) is 1.90. The van der Waals surface area contributed by atoms with Crippen molar-refractivity contribution >= 4 is 0 Å². The Morgan fingerprint density at radius 2 is 1.93 bits per heavy atom. The third-order valence-corrected chi connectivity index (χ3v) is 3.86. The van der Waals surface area contributed by atoms with Crippen molar-refractivity contribution in [2.75, 3.05) is 0 Å². The van der Waals surface area contributed by atoms with Gasteiger partial charge in [0.05, 0.1) is 0 Å². The number of halogens is 2. The van der Waals surface area contributed by atoms with Gasteiger partial charge in [0.25, 0.3) is 0 Å². The first-order chi connectivity index (χ1) is 7.07. The average molecular weight is 210 g/mol. The SMILES string of the molecule is CC[C@@]1(C)C[C@H]1Cc1c(F)cccc1F. The van der Waals surface area contributed by atoms with Crippen LogP contribution < -0.4 is 0 Å². The molecule has 2 heteroatoms. The molecule has 82 valence electrons. The molecule has 0 amide bonds. The predicted octanol–water partition coefficient (Wildman–Crippen LogP) is 3.94. The maximum absolute atomic E-state index is 13.4. The fraction of sp³-hybridized carbons (Fsp3) is 0.538. The van der Waals surface area contributed by atoms with Gasteiger partial charge >= 0.3 is 0 Å². The van der Waals surface area contributed by atoms with Crippen LogP contribution in [0, 0.1) is 23.0 Å². The van der Waals surface area contributed by atoms with Gasteiger partial charge in [-0.15, -0.1) is 0 Å². The average Bonchev–Trinajstić information content (AvgIpc) is 2.85. The smallest absolute Gasteiger partial charge is 0.129 e. The van der Waals surface area contributed by atoms with Gasteiger partial charge in [-0.1, -0.05) is 26.3 Å². The quantitative estimate of drug-likeness (QED) is 0.708. The standard InChI is InChI=1S/C13H16F2/c1-3-13(2)8-9(13)7-10-11(14)5-4-6-12(10)15/h4-6,9H,3,7-8H2,1-2H3/t9-,13+/m1/s1. The van der Waals surface area contributed by atoms with Crippen LogP contribution in [0.4, 0.5) is 8.78 Å². The third-order valence-electron chi connectivity index (χ3n) is 3.86. The summed E-state index contributed by atoms with van der Waals surface area (Å²) in [4.78, 5) is 0. The monoisotopic (exact) mass is 210 g/mol. The van der Waals surface area contributed by atoms with E-state index in [2.05, 4.69) is 13.8 Å². The van der Waals surface area contributed by atoms with Gasteiger partial charge in [-0.2, -0.15) is 0 Å². The van der Waals surface area contributed by atoms with Crippen molar-refractivity contribution in [3.05, 3.63) is 35.4 Å². The van der Waals surface area contributed by atoms with E-state index in [0.29, 0.717) is 17.8 Å². The van der Waals surface area contributed by atoms with Crippen LogP contribution in [-0.4, -0.2) is 0 Å². The van der Waals surface area contributed by atoms with Gasteiger partial charge in [-0.25, -0.2) is 8.78 Å². The molecule has 2 rings (SSSR count). The molecule has 0 nitrogen and oxygen atoms in total. The number of hydrogen-bond donors (Lipinski definition) is 0. The lowest BCUT2D eigenvalue weighted by Crippen LogP contribution is -2.02. The number of rotatable bonds is 3. The largest absolute Gasteiger partial charge is 0.207 e. The predicted molar refractivity (Wildman–Crippen MR) is 56.6 cm³/mol. The zero-order valence-electron chi connectivity index (χ0n) is 9.19. The summed E-state index contributed by atoms with van der Waals surface area (Å²) in [5.41, 5.74) is 0.578. The van der Waals surface area contributed by atoms with Crippen molar-refractivity contribution in [2.24, 2.45) is 11.3 Å². The van der Waals surface area contributed by atoms with Gasteiger partial charge in [0.2, 0.25) is 0 Å². The highest BCUT2D eigenvalue weighted by Gasteiger charge is 2.48. The van der Waals surface area contributed by atoms with Gasteiger partial charge in [-0.05, 0) is 36.3 Å². The Labute approximate surface area is 89.3 Å². The van der Waals surface area contributed by atoms with Crippen molar-refractivity contribution < 1.29 is 8.78 Å². The molecule has 0 spiro atoms. The van der Waals surface area contributed by atoms with Crippen LogP contribution in [0.25, 0.3) is 0 Å². The summed E-state index contributed by atoms with van der Waals surface area (Å²) in [5, 5.41) is 0. The van der Waals surface area contributed by atoms with Crippen LogP contribution in [0.2, 0.25) is 0 Å². The summed E-state index contributed by atoms with van der Waals surface area (Å²) in [6.45, 7) is 4.33. The molecule has 0 aromatic heterocycles. The summed E-state index contributed by atoms with van der Waals surface area (Å²) in [7, 11) is 0. The summed E-state index contributed by atoms with van der Waals surface area (Å²) in [6.07, 6.45) is 2.73. The number of hydrogen-bond acceptors (Lipinski definition) is 0. The van der Waals surface area contributed by atoms with E-state index in [9.17, 15) is 8.78 Å². The maximum atomic E-state index is 13.4. The van der Waals surface area contributed by atoms with Crippen molar-refractivity contribution in [1.82, 2.24) is 0 Å². The zero-order chi connectivity index (χ0) is 11.1. The Bertz CT molecular complexity index is 353. The molecule has 1 aliphatic rings. The van der Waals surface area contributed by atoms with Gasteiger partial charge in [0.1, 0.15) is 11.6 Å². The molecule has 0 aliphatic heterocycles. The Morgan fingerprint density at radius 1 is 1.33 bits per heavy atom. The van der Waals surface area contributed by atoms with E-state index in [1.165, 1.54) is 18.2 Å². The van der Waals surface area contributed by atoms with E-state index in [1.54, 1.807) is 0 Å². The molecular formula is C13H16F2. The van der Waals surface area contributed by atoms with Crippen molar-refractivity contribution in [2.45, 2.75) is 33.1 Å². The van der Waals surface area contributed by atoms with Gasteiger partial charge < -0.3 is 0 Å². The number of benzene rings is 1. The minimum absolute atomic E-state index is 0.264. The minimum Gasteiger partial charge on any atom is -0.207 e. The fourth-order valence-electron chi connectivity index (χ4n) is 2.23. The Balaban J connectivity index is 2.13. The highest BCUT2D eigenvalue weighted by Crippen LogP contribution is 2.56. The van der Waals surface area contributed by atoms with Gasteiger partial charge in [0.15, 0.2) is 0 Å². The van der Waals surface area contributed by atoms with E-state index < -0.39 is 11.6 Å². The lowest BCUT2D eigenvalue weighted by Gasteiger charge is -2.08. The lowest BCUT2D eigenvalue weighted by molar-refractivity contribution is 0.468. The molecule has 1 aromatic carbocycles. The lowest BCUT2D eigenvalue weighted by atomic mass is 9.98. The molecule has 0 bridgehead atoms. The maximum Gasteiger partial charge on any atom is 0.129 e. The molecule has 2 atom stereocenters. The van der Waals surface area contributed by atoms with Gasteiger partial charge in [0, 0.05) is 5.56 Å². The van der Waals surface area contributed by atoms with E-state index >= 15 is 0 Å². The Morgan fingerprint density at radius 3 is 2.40 bits per heavy atom. The minimum atomic E-state index is -0.402. The normalized spacial score (nSPS) is 29.2. The summed E-state index contributed by atoms with van der Waals surface area (Å²) in [6, 6.07) is 4.09. The van der Waals surface area contributed by atoms with E-state index in [0.717, 1.165) is 12.8 Å². The first kappa shape index (κ1) is 10.6. The Hall–Kier alpha value is -0.920. The van der Waals surface area contributed by atoms with Gasteiger partial charge in [-0.3, -0.25) is 0 Å². The fourth-order valence-corrected chi connectivity index (χ4v) is 2.23. The highest BCUT2D eigenvalue weighted by molar-refractivity contribution is 5.22. The molecule has 1 aliphatic carbocycles. The van der Waals surface area contributed by atoms with Crippen molar-refractivity contribution in [1.29, 1.82) is 0 Å². The summed E-state index contributed by atoms with van der Waals surface area (Å²) in [5.74, 6) is -0.352. The molecule has 0 saturated heterocycles. The molecule has 0 N–H and O–H groups in total. The van der Waals surface area contributed by atoms with E-state index in [1.807, 2.05) is 0 Å². The van der Waals surface area contributed by atoms with Crippen LogP contribution in [-0.2, 0) is 6.42 Å². The summed E-state index contributed by atoms with van der Waals surface area (Å²) < 4.78 is 26.7. The molecule has 0 heterocycles. The van der Waals surface area contributed by atoms with E-state index in [-0.39, 0.29) is 5.56 Å². The van der Waals surface area contributed by atoms with Crippen LogP contribution in [0.3, 0.4) is 0 Å². The van der Waals surface area contributed by atoms with Crippen LogP contribution in [0.15, 0.2) is 18.2 Å². The van der Waals surface area contributed by atoms with Crippen molar-refractivity contribution in [3.8, 4) is 0 Å². The van der Waals surface area contributed by atoms with Crippen LogP contribution in [0.5, 0.6) is 0 Å². The zero-order valence-corrected chi connectivity index (χ0v) is 9.19. The molecule has 0 radical (unpaired) electrons. The molecule has 1 aromatic rings. The molecule has 15 heavy (non-hydrogen) atoms.